The number of rotatable bonds is 6. The molecule has 1 saturated carbocycles. The minimum absolute atomic E-state index is 0.716. The average Bonchev–Trinajstić information content (AvgIpc) is 2.91. The van der Waals surface area contributed by atoms with Gasteiger partial charge >= 0.3 is 0 Å². The fourth-order valence-electron chi connectivity index (χ4n) is 3.45. The molecule has 0 aromatic carbocycles. The highest BCUT2D eigenvalue weighted by Crippen LogP contribution is 2.31. The standard InChI is InChI=1S/C16H28N2S/c1-4-13-7-8-16(17-2)14(10-13)11-18(3)12-15-6-5-9-19-15/h5-6,9,13-14,16-17H,4,7-8,10-12H2,1-3H3. The van der Waals surface area contributed by atoms with Crippen molar-refractivity contribution in [2.75, 3.05) is 20.6 Å². The van der Waals surface area contributed by atoms with Gasteiger partial charge in [0.15, 0.2) is 0 Å². The first kappa shape index (κ1) is 15.0. The van der Waals surface area contributed by atoms with Crippen LogP contribution in [0.2, 0.25) is 0 Å². The van der Waals surface area contributed by atoms with E-state index in [0.29, 0.717) is 6.04 Å². The van der Waals surface area contributed by atoms with Crippen LogP contribution >= 0.6 is 11.3 Å². The Kier molecular flexibility index (Phi) is 5.86. The third-order valence-electron chi connectivity index (χ3n) is 4.59. The van der Waals surface area contributed by atoms with Crippen LogP contribution in [0.3, 0.4) is 0 Å². The lowest BCUT2D eigenvalue weighted by molar-refractivity contribution is 0.154. The van der Waals surface area contributed by atoms with Gasteiger partial charge < -0.3 is 10.2 Å². The Morgan fingerprint density at radius 1 is 1.42 bits per heavy atom. The van der Waals surface area contributed by atoms with E-state index >= 15 is 0 Å². The van der Waals surface area contributed by atoms with E-state index in [1.807, 2.05) is 11.3 Å². The molecule has 0 bridgehead atoms. The van der Waals surface area contributed by atoms with Crippen LogP contribution < -0.4 is 5.32 Å². The van der Waals surface area contributed by atoms with Crippen LogP contribution in [0.15, 0.2) is 17.5 Å². The first-order valence-corrected chi connectivity index (χ1v) is 8.49. The van der Waals surface area contributed by atoms with E-state index in [1.54, 1.807) is 0 Å². The average molecular weight is 280 g/mol. The quantitative estimate of drug-likeness (QED) is 0.856. The Morgan fingerprint density at radius 3 is 2.89 bits per heavy atom. The number of hydrogen-bond acceptors (Lipinski definition) is 3. The Balaban J connectivity index is 1.87. The summed E-state index contributed by atoms with van der Waals surface area (Å²) in [4.78, 5) is 3.98. The summed E-state index contributed by atoms with van der Waals surface area (Å²) in [6, 6.07) is 5.11. The maximum atomic E-state index is 3.54. The molecule has 108 valence electrons. The second kappa shape index (κ2) is 7.41. The van der Waals surface area contributed by atoms with Gasteiger partial charge in [-0.15, -0.1) is 11.3 Å². The second-order valence-electron chi connectivity index (χ2n) is 6.02. The number of nitrogens with one attached hydrogen (secondary N) is 1. The highest BCUT2D eigenvalue weighted by Gasteiger charge is 2.29. The summed E-state index contributed by atoms with van der Waals surface area (Å²) >= 11 is 1.87. The molecule has 1 aromatic heterocycles. The van der Waals surface area contributed by atoms with E-state index in [1.165, 1.54) is 37.1 Å². The molecule has 1 aromatic rings. The normalized spacial score (nSPS) is 27.9. The molecule has 0 amide bonds. The highest BCUT2D eigenvalue weighted by atomic mass is 32.1. The summed E-state index contributed by atoms with van der Waals surface area (Å²) in [6.07, 6.45) is 5.51. The molecule has 0 saturated heterocycles. The van der Waals surface area contributed by atoms with Gasteiger partial charge in [0.05, 0.1) is 0 Å². The number of hydrogen-bond donors (Lipinski definition) is 1. The van der Waals surface area contributed by atoms with Crippen LogP contribution in [0.5, 0.6) is 0 Å². The fourth-order valence-corrected chi connectivity index (χ4v) is 4.23. The maximum Gasteiger partial charge on any atom is 0.0324 e. The van der Waals surface area contributed by atoms with Gasteiger partial charge in [0.1, 0.15) is 0 Å². The molecule has 2 rings (SSSR count). The Hall–Kier alpha value is -0.380. The summed E-state index contributed by atoms with van der Waals surface area (Å²) in [5.41, 5.74) is 0. The fraction of sp³-hybridized carbons (Fsp3) is 0.750. The van der Waals surface area contributed by atoms with Crippen LogP contribution in [-0.2, 0) is 6.54 Å². The molecule has 1 fully saturated rings. The number of thiophene rings is 1. The van der Waals surface area contributed by atoms with Crippen LogP contribution in [0.4, 0.5) is 0 Å². The van der Waals surface area contributed by atoms with Crippen LogP contribution in [0, 0.1) is 11.8 Å². The van der Waals surface area contributed by atoms with E-state index < -0.39 is 0 Å². The molecule has 1 aliphatic rings. The SMILES string of the molecule is CCC1CCC(NC)C(CN(C)Cc2cccs2)C1. The molecule has 3 unspecified atom stereocenters. The van der Waals surface area contributed by atoms with E-state index in [2.05, 4.69) is 48.7 Å². The van der Waals surface area contributed by atoms with Crippen molar-refractivity contribution in [2.45, 2.75) is 45.2 Å². The monoisotopic (exact) mass is 280 g/mol. The summed E-state index contributed by atoms with van der Waals surface area (Å²) in [6.45, 7) is 4.66. The van der Waals surface area contributed by atoms with Gasteiger partial charge in [-0.1, -0.05) is 19.4 Å². The van der Waals surface area contributed by atoms with E-state index in [4.69, 9.17) is 0 Å². The van der Waals surface area contributed by atoms with Crippen LogP contribution in [0.25, 0.3) is 0 Å². The lowest BCUT2D eigenvalue weighted by atomic mass is 9.76. The molecule has 0 radical (unpaired) electrons. The van der Waals surface area contributed by atoms with Gasteiger partial charge in [0, 0.05) is 24.0 Å². The van der Waals surface area contributed by atoms with Crippen molar-refractivity contribution in [2.24, 2.45) is 11.8 Å². The molecule has 1 N–H and O–H groups in total. The van der Waals surface area contributed by atoms with Crippen molar-refractivity contribution < 1.29 is 0 Å². The van der Waals surface area contributed by atoms with Crippen molar-refractivity contribution in [3.05, 3.63) is 22.4 Å². The summed E-state index contributed by atoms with van der Waals surface area (Å²) < 4.78 is 0. The Labute approximate surface area is 122 Å². The van der Waals surface area contributed by atoms with Crippen LogP contribution in [-0.4, -0.2) is 31.6 Å². The summed E-state index contributed by atoms with van der Waals surface area (Å²) in [5.74, 6) is 1.76. The van der Waals surface area contributed by atoms with E-state index in [-0.39, 0.29) is 0 Å². The first-order chi connectivity index (χ1) is 9.22. The minimum Gasteiger partial charge on any atom is -0.317 e. The van der Waals surface area contributed by atoms with Crippen molar-refractivity contribution in [1.29, 1.82) is 0 Å². The minimum atomic E-state index is 0.716. The predicted octanol–water partition coefficient (Wildman–Crippen LogP) is 3.59. The van der Waals surface area contributed by atoms with Crippen molar-refractivity contribution in [3.63, 3.8) is 0 Å². The molecule has 2 nitrogen and oxygen atoms in total. The summed E-state index contributed by atoms with van der Waals surface area (Å²) in [5, 5.41) is 5.71. The topological polar surface area (TPSA) is 15.3 Å². The maximum absolute atomic E-state index is 3.54. The van der Waals surface area contributed by atoms with Gasteiger partial charge in [-0.05, 0) is 56.6 Å². The lowest BCUT2D eigenvalue weighted by Crippen LogP contribution is -2.43. The van der Waals surface area contributed by atoms with Gasteiger partial charge in [-0.3, -0.25) is 0 Å². The van der Waals surface area contributed by atoms with E-state index in [9.17, 15) is 0 Å². The molecule has 3 atom stereocenters. The first-order valence-electron chi connectivity index (χ1n) is 7.61. The second-order valence-corrected chi connectivity index (χ2v) is 7.05. The molecule has 1 aliphatic carbocycles. The predicted molar refractivity (Wildman–Crippen MR) is 84.6 cm³/mol. The van der Waals surface area contributed by atoms with Gasteiger partial charge in [-0.2, -0.15) is 0 Å². The molecule has 19 heavy (non-hydrogen) atoms. The molecular formula is C16H28N2S. The van der Waals surface area contributed by atoms with Crippen LogP contribution in [0.1, 0.15) is 37.5 Å². The molecule has 3 heteroatoms. The molecule has 1 heterocycles. The smallest absolute Gasteiger partial charge is 0.0324 e. The third-order valence-corrected chi connectivity index (χ3v) is 5.45. The largest absolute Gasteiger partial charge is 0.317 e. The van der Waals surface area contributed by atoms with E-state index in [0.717, 1.165) is 18.4 Å². The van der Waals surface area contributed by atoms with Gasteiger partial charge in [0.25, 0.3) is 0 Å². The van der Waals surface area contributed by atoms with Crippen molar-refractivity contribution in [3.8, 4) is 0 Å². The Morgan fingerprint density at radius 2 is 2.26 bits per heavy atom. The lowest BCUT2D eigenvalue weighted by Gasteiger charge is -2.37. The Bertz CT molecular complexity index is 350. The zero-order chi connectivity index (χ0) is 13.7. The zero-order valence-corrected chi connectivity index (χ0v) is 13.4. The van der Waals surface area contributed by atoms with Crippen molar-refractivity contribution >= 4 is 11.3 Å². The number of nitrogens with zero attached hydrogens (tertiary/aromatic N) is 1. The highest BCUT2D eigenvalue weighted by molar-refractivity contribution is 7.09. The van der Waals surface area contributed by atoms with Gasteiger partial charge in [0.2, 0.25) is 0 Å². The third kappa shape index (κ3) is 4.30. The zero-order valence-electron chi connectivity index (χ0n) is 12.6. The van der Waals surface area contributed by atoms with Crippen molar-refractivity contribution in [1.82, 2.24) is 10.2 Å². The molecule has 0 aliphatic heterocycles. The molecular weight excluding hydrogens is 252 g/mol. The van der Waals surface area contributed by atoms with Gasteiger partial charge in [-0.25, -0.2) is 0 Å². The molecule has 0 spiro atoms. The summed E-state index contributed by atoms with van der Waals surface area (Å²) in [7, 11) is 4.39.